The van der Waals surface area contributed by atoms with Gasteiger partial charge in [0, 0.05) is 19.3 Å². The van der Waals surface area contributed by atoms with Gasteiger partial charge in [-0.25, -0.2) is 0 Å². The zero-order valence-electron chi connectivity index (χ0n) is 12.6. The van der Waals surface area contributed by atoms with Crippen LogP contribution in [0.25, 0.3) is 0 Å². The topological polar surface area (TPSA) is 67.6 Å². The van der Waals surface area contributed by atoms with Gasteiger partial charge >= 0.3 is 0 Å². The van der Waals surface area contributed by atoms with Crippen LogP contribution in [0.1, 0.15) is 39.5 Å². The first kappa shape index (κ1) is 16.4. The molecule has 0 spiro atoms. The molecular weight excluding hydrogens is 242 g/mol. The number of ether oxygens (including phenoxy) is 1. The molecule has 0 aromatic carbocycles. The van der Waals surface area contributed by atoms with Gasteiger partial charge in [0.05, 0.1) is 5.54 Å². The lowest BCUT2D eigenvalue weighted by Gasteiger charge is -2.32. The molecule has 5 nitrogen and oxygen atoms in total. The zero-order valence-corrected chi connectivity index (χ0v) is 12.6. The van der Waals surface area contributed by atoms with Crippen LogP contribution < -0.4 is 11.1 Å². The first-order chi connectivity index (χ1) is 8.99. The van der Waals surface area contributed by atoms with Gasteiger partial charge in [-0.2, -0.15) is 0 Å². The van der Waals surface area contributed by atoms with Gasteiger partial charge in [-0.15, -0.1) is 0 Å². The first-order valence-electron chi connectivity index (χ1n) is 7.32. The third kappa shape index (κ3) is 5.09. The minimum atomic E-state index is -0.578. The number of primary amides is 1. The maximum absolute atomic E-state index is 11.5. The van der Waals surface area contributed by atoms with E-state index in [-0.39, 0.29) is 5.91 Å². The Kier molecular flexibility index (Phi) is 6.75. The van der Waals surface area contributed by atoms with Gasteiger partial charge in [-0.1, -0.05) is 6.92 Å². The summed E-state index contributed by atoms with van der Waals surface area (Å²) in [5.74, 6) is -0.261. The Morgan fingerprint density at radius 3 is 2.63 bits per heavy atom. The van der Waals surface area contributed by atoms with Crippen LogP contribution >= 0.6 is 0 Å². The van der Waals surface area contributed by atoms with E-state index in [1.54, 1.807) is 0 Å². The Balaban J connectivity index is 2.32. The van der Waals surface area contributed by atoms with E-state index < -0.39 is 5.54 Å². The molecule has 0 radical (unpaired) electrons. The lowest BCUT2D eigenvalue weighted by atomic mass is 9.94. The average molecular weight is 271 g/mol. The second-order valence-corrected chi connectivity index (χ2v) is 5.65. The SMILES string of the molecule is CCNC(C)(CCCN(C)C1CCOCC1)C(N)=O. The minimum absolute atomic E-state index is 0.261. The molecule has 3 N–H and O–H groups in total. The van der Waals surface area contributed by atoms with E-state index in [0.29, 0.717) is 6.04 Å². The summed E-state index contributed by atoms with van der Waals surface area (Å²) in [6, 6.07) is 0.618. The summed E-state index contributed by atoms with van der Waals surface area (Å²) in [6.07, 6.45) is 3.97. The molecule has 1 aliphatic heterocycles. The summed E-state index contributed by atoms with van der Waals surface area (Å²) in [5, 5.41) is 3.20. The van der Waals surface area contributed by atoms with Crippen LogP contribution in [-0.2, 0) is 9.53 Å². The van der Waals surface area contributed by atoms with Crippen molar-refractivity contribution in [3.63, 3.8) is 0 Å². The second kappa shape index (κ2) is 7.82. The van der Waals surface area contributed by atoms with Crippen molar-refractivity contribution in [3.8, 4) is 0 Å². The van der Waals surface area contributed by atoms with Crippen molar-refractivity contribution in [2.24, 2.45) is 5.73 Å². The van der Waals surface area contributed by atoms with Crippen molar-refractivity contribution in [1.82, 2.24) is 10.2 Å². The molecule has 19 heavy (non-hydrogen) atoms. The van der Waals surface area contributed by atoms with Crippen LogP contribution in [-0.4, -0.2) is 55.7 Å². The number of nitrogens with two attached hydrogens (primary N) is 1. The van der Waals surface area contributed by atoms with Crippen molar-refractivity contribution in [2.45, 2.75) is 51.1 Å². The maximum Gasteiger partial charge on any atom is 0.237 e. The number of carbonyl (C=O) groups is 1. The number of hydrogen-bond donors (Lipinski definition) is 2. The average Bonchev–Trinajstić information content (AvgIpc) is 2.39. The van der Waals surface area contributed by atoms with Crippen molar-refractivity contribution < 1.29 is 9.53 Å². The fraction of sp³-hybridized carbons (Fsp3) is 0.929. The Morgan fingerprint density at radius 2 is 2.11 bits per heavy atom. The van der Waals surface area contributed by atoms with Gasteiger partial charge < -0.3 is 20.7 Å². The highest BCUT2D eigenvalue weighted by Crippen LogP contribution is 2.16. The summed E-state index contributed by atoms with van der Waals surface area (Å²) in [5.41, 5.74) is 4.91. The van der Waals surface area contributed by atoms with Gasteiger partial charge in [0.2, 0.25) is 5.91 Å². The summed E-state index contributed by atoms with van der Waals surface area (Å²) in [7, 11) is 2.16. The molecule has 112 valence electrons. The number of hydrogen-bond acceptors (Lipinski definition) is 4. The van der Waals surface area contributed by atoms with Gasteiger partial charge in [-0.3, -0.25) is 4.79 Å². The van der Waals surface area contributed by atoms with E-state index in [0.717, 1.165) is 52.0 Å². The lowest BCUT2D eigenvalue weighted by Crippen LogP contribution is -2.53. The Bertz CT molecular complexity index is 280. The fourth-order valence-electron chi connectivity index (χ4n) is 2.68. The Labute approximate surface area is 116 Å². The van der Waals surface area contributed by atoms with E-state index in [9.17, 15) is 4.79 Å². The zero-order chi connectivity index (χ0) is 14.3. The molecule has 0 aromatic heterocycles. The third-order valence-electron chi connectivity index (χ3n) is 4.11. The first-order valence-corrected chi connectivity index (χ1v) is 7.32. The molecule has 0 aliphatic carbocycles. The Hall–Kier alpha value is -0.650. The summed E-state index contributed by atoms with van der Waals surface area (Å²) >= 11 is 0. The van der Waals surface area contributed by atoms with Gasteiger partial charge in [0.25, 0.3) is 0 Å². The lowest BCUT2D eigenvalue weighted by molar-refractivity contribution is -0.124. The number of carbonyl (C=O) groups excluding carboxylic acids is 1. The highest BCUT2D eigenvalue weighted by atomic mass is 16.5. The number of nitrogens with zero attached hydrogens (tertiary/aromatic N) is 1. The second-order valence-electron chi connectivity index (χ2n) is 5.65. The summed E-state index contributed by atoms with van der Waals surface area (Å²) < 4.78 is 5.37. The highest BCUT2D eigenvalue weighted by molar-refractivity contribution is 5.84. The monoisotopic (exact) mass is 271 g/mol. The quantitative estimate of drug-likeness (QED) is 0.683. The minimum Gasteiger partial charge on any atom is -0.381 e. The van der Waals surface area contributed by atoms with Crippen molar-refractivity contribution in [3.05, 3.63) is 0 Å². The molecule has 5 heteroatoms. The van der Waals surface area contributed by atoms with E-state index >= 15 is 0 Å². The van der Waals surface area contributed by atoms with E-state index in [1.165, 1.54) is 0 Å². The van der Waals surface area contributed by atoms with Gasteiger partial charge in [0.1, 0.15) is 0 Å². The molecule has 1 unspecified atom stereocenters. The Morgan fingerprint density at radius 1 is 1.47 bits per heavy atom. The van der Waals surface area contributed by atoms with Crippen LogP contribution in [0.2, 0.25) is 0 Å². The van der Waals surface area contributed by atoms with Crippen LogP contribution in [0.5, 0.6) is 0 Å². The van der Waals surface area contributed by atoms with Crippen molar-refractivity contribution >= 4 is 5.91 Å². The third-order valence-corrected chi connectivity index (χ3v) is 4.11. The summed E-state index contributed by atoms with van der Waals surface area (Å²) in [6.45, 7) is 7.38. The molecule has 1 saturated heterocycles. The normalized spacial score (nSPS) is 20.4. The predicted octanol–water partition coefficient (Wildman–Crippen LogP) is 0.731. The number of nitrogens with one attached hydrogen (secondary N) is 1. The standard InChI is InChI=1S/C14H29N3O2/c1-4-16-14(2,13(15)18)8-5-9-17(3)12-6-10-19-11-7-12/h12,16H,4-11H2,1-3H3,(H2,15,18). The van der Waals surface area contributed by atoms with E-state index in [1.807, 2.05) is 13.8 Å². The molecule has 0 bridgehead atoms. The number of rotatable bonds is 8. The van der Waals surface area contributed by atoms with Crippen LogP contribution in [0.4, 0.5) is 0 Å². The number of amides is 1. The largest absolute Gasteiger partial charge is 0.381 e. The van der Waals surface area contributed by atoms with Crippen molar-refractivity contribution in [2.75, 3.05) is 33.4 Å². The van der Waals surface area contributed by atoms with Crippen molar-refractivity contribution in [1.29, 1.82) is 0 Å². The molecule has 0 aromatic rings. The van der Waals surface area contributed by atoms with E-state index in [2.05, 4.69) is 17.3 Å². The molecule has 1 amide bonds. The van der Waals surface area contributed by atoms with E-state index in [4.69, 9.17) is 10.5 Å². The molecule has 1 atom stereocenters. The maximum atomic E-state index is 11.5. The highest BCUT2D eigenvalue weighted by Gasteiger charge is 2.29. The van der Waals surface area contributed by atoms with Crippen LogP contribution in [0.15, 0.2) is 0 Å². The molecule has 1 heterocycles. The van der Waals surface area contributed by atoms with Gasteiger partial charge in [-0.05, 0) is 52.7 Å². The van der Waals surface area contributed by atoms with Crippen LogP contribution in [0, 0.1) is 0 Å². The van der Waals surface area contributed by atoms with Crippen LogP contribution in [0.3, 0.4) is 0 Å². The molecule has 1 fully saturated rings. The fourth-order valence-corrected chi connectivity index (χ4v) is 2.68. The molecule has 1 rings (SSSR count). The molecule has 1 aliphatic rings. The number of likely N-dealkylation sites (N-methyl/N-ethyl adjacent to an activating group) is 1. The van der Waals surface area contributed by atoms with Gasteiger partial charge in [0.15, 0.2) is 0 Å². The smallest absolute Gasteiger partial charge is 0.237 e. The predicted molar refractivity (Wildman–Crippen MR) is 77.0 cm³/mol. The summed E-state index contributed by atoms with van der Waals surface area (Å²) in [4.78, 5) is 13.9. The molecule has 0 saturated carbocycles. The molecular formula is C14H29N3O2.